The van der Waals surface area contributed by atoms with Crippen molar-refractivity contribution in [3.63, 3.8) is 0 Å². The van der Waals surface area contributed by atoms with Crippen LogP contribution in [0.3, 0.4) is 0 Å². The fourth-order valence-corrected chi connectivity index (χ4v) is 2.38. The molecule has 0 saturated carbocycles. The molecule has 0 aliphatic heterocycles. The van der Waals surface area contributed by atoms with Crippen molar-refractivity contribution in [3.05, 3.63) is 90.0 Å². The van der Waals surface area contributed by atoms with E-state index < -0.39 is 0 Å². The van der Waals surface area contributed by atoms with Crippen molar-refractivity contribution < 1.29 is 9.47 Å². The third kappa shape index (κ3) is 4.53. The summed E-state index contributed by atoms with van der Waals surface area (Å²) in [7, 11) is 1.67. The zero-order valence-corrected chi connectivity index (χ0v) is 13.7. The predicted octanol–water partition coefficient (Wildman–Crippen LogP) is 4.89. The average Bonchev–Trinajstić information content (AvgIpc) is 2.66. The van der Waals surface area contributed by atoms with Gasteiger partial charge in [0, 0.05) is 18.3 Å². The first kappa shape index (κ1) is 15.9. The Morgan fingerprint density at radius 2 is 1.54 bits per heavy atom. The van der Waals surface area contributed by atoms with Crippen molar-refractivity contribution in [1.29, 1.82) is 0 Å². The third-order valence-electron chi connectivity index (χ3n) is 3.74. The van der Waals surface area contributed by atoms with Crippen LogP contribution in [0.5, 0.6) is 11.5 Å². The number of methoxy groups -OCH3 is 1. The second-order valence-electron chi connectivity index (χ2n) is 5.50. The van der Waals surface area contributed by atoms with Gasteiger partial charge in [-0.05, 0) is 35.4 Å². The molecule has 3 rings (SSSR count). The molecule has 0 heterocycles. The van der Waals surface area contributed by atoms with Gasteiger partial charge in [-0.1, -0.05) is 48.5 Å². The number of rotatable bonds is 7. The molecule has 3 aromatic carbocycles. The Balaban J connectivity index is 1.56. The highest BCUT2D eigenvalue weighted by molar-refractivity contribution is 5.48. The normalized spacial score (nSPS) is 10.2. The first-order chi connectivity index (χ1) is 11.8. The fourth-order valence-electron chi connectivity index (χ4n) is 2.38. The first-order valence-electron chi connectivity index (χ1n) is 7.97. The molecule has 0 radical (unpaired) electrons. The molecule has 24 heavy (non-hydrogen) atoms. The molecular weight excluding hydrogens is 298 g/mol. The number of anilines is 1. The zero-order chi connectivity index (χ0) is 16.6. The SMILES string of the molecule is COc1ccc(CNc2cccc(OCc3ccccc3)c2)cc1. The highest BCUT2D eigenvalue weighted by Gasteiger charge is 1.99. The second-order valence-corrected chi connectivity index (χ2v) is 5.50. The van der Waals surface area contributed by atoms with Crippen LogP contribution < -0.4 is 14.8 Å². The molecule has 0 amide bonds. The Labute approximate surface area is 142 Å². The van der Waals surface area contributed by atoms with E-state index in [-0.39, 0.29) is 0 Å². The number of benzene rings is 3. The molecular formula is C21H21NO2. The van der Waals surface area contributed by atoms with Gasteiger partial charge in [0.2, 0.25) is 0 Å². The van der Waals surface area contributed by atoms with Gasteiger partial charge in [-0.2, -0.15) is 0 Å². The third-order valence-corrected chi connectivity index (χ3v) is 3.74. The van der Waals surface area contributed by atoms with Gasteiger partial charge < -0.3 is 14.8 Å². The van der Waals surface area contributed by atoms with Crippen molar-refractivity contribution in [2.24, 2.45) is 0 Å². The molecule has 0 spiro atoms. The molecule has 0 unspecified atom stereocenters. The van der Waals surface area contributed by atoms with E-state index in [2.05, 4.69) is 29.6 Å². The number of hydrogen-bond donors (Lipinski definition) is 1. The van der Waals surface area contributed by atoms with E-state index in [0.717, 1.165) is 29.3 Å². The lowest BCUT2D eigenvalue weighted by Crippen LogP contribution is -2.00. The largest absolute Gasteiger partial charge is 0.497 e. The maximum absolute atomic E-state index is 5.86. The van der Waals surface area contributed by atoms with Crippen molar-refractivity contribution in [2.45, 2.75) is 13.2 Å². The summed E-state index contributed by atoms with van der Waals surface area (Å²) >= 11 is 0. The predicted molar refractivity (Wildman–Crippen MR) is 97.5 cm³/mol. The van der Waals surface area contributed by atoms with Crippen molar-refractivity contribution in [1.82, 2.24) is 0 Å². The molecule has 1 N–H and O–H groups in total. The van der Waals surface area contributed by atoms with E-state index in [1.807, 2.05) is 54.6 Å². The first-order valence-corrected chi connectivity index (χ1v) is 7.97. The molecule has 0 aliphatic carbocycles. The number of ether oxygens (including phenoxy) is 2. The van der Waals surface area contributed by atoms with E-state index >= 15 is 0 Å². The standard InChI is InChI=1S/C21H21NO2/c1-23-20-12-10-17(11-13-20)15-22-19-8-5-9-21(14-19)24-16-18-6-3-2-4-7-18/h2-14,22H,15-16H2,1H3. The Hall–Kier alpha value is -2.94. The maximum atomic E-state index is 5.86. The lowest BCUT2D eigenvalue weighted by Gasteiger charge is -2.10. The Bertz CT molecular complexity index is 754. The summed E-state index contributed by atoms with van der Waals surface area (Å²) in [5, 5.41) is 3.42. The van der Waals surface area contributed by atoms with Gasteiger partial charge in [-0.3, -0.25) is 0 Å². The molecule has 0 fully saturated rings. The molecule has 0 saturated heterocycles. The molecule has 0 aliphatic rings. The Morgan fingerprint density at radius 1 is 0.750 bits per heavy atom. The van der Waals surface area contributed by atoms with E-state index in [4.69, 9.17) is 9.47 Å². The van der Waals surface area contributed by atoms with Gasteiger partial charge in [0.1, 0.15) is 18.1 Å². The minimum Gasteiger partial charge on any atom is -0.497 e. The van der Waals surface area contributed by atoms with Crippen LogP contribution >= 0.6 is 0 Å². The van der Waals surface area contributed by atoms with Gasteiger partial charge in [0.05, 0.1) is 7.11 Å². The second kappa shape index (κ2) is 8.06. The van der Waals surface area contributed by atoms with Crippen molar-refractivity contribution in [3.8, 4) is 11.5 Å². The highest BCUT2D eigenvalue weighted by Crippen LogP contribution is 2.20. The van der Waals surface area contributed by atoms with Crippen molar-refractivity contribution >= 4 is 5.69 Å². The van der Waals surface area contributed by atoms with Gasteiger partial charge in [0.25, 0.3) is 0 Å². The van der Waals surface area contributed by atoms with E-state index in [9.17, 15) is 0 Å². The fraction of sp³-hybridized carbons (Fsp3) is 0.143. The summed E-state index contributed by atoms with van der Waals surface area (Å²) in [5.74, 6) is 1.73. The van der Waals surface area contributed by atoms with Crippen LogP contribution in [0.25, 0.3) is 0 Å². The number of nitrogens with one attached hydrogen (secondary N) is 1. The van der Waals surface area contributed by atoms with Crippen LogP contribution in [0.1, 0.15) is 11.1 Å². The van der Waals surface area contributed by atoms with Gasteiger partial charge in [0.15, 0.2) is 0 Å². The molecule has 3 aromatic rings. The summed E-state index contributed by atoms with van der Waals surface area (Å²) in [6, 6.07) is 26.3. The molecule has 0 aromatic heterocycles. The summed E-state index contributed by atoms with van der Waals surface area (Å²) in [5.41, 5.74) is 3.40. The van der Waals surface area contributed by atoms with Gasteiger partial charge in [-0.15, -0.1) is 0 Å². The average molecular weight is 319 g/mol. The van der Waals surface area contributed by atoms with E-state index in [1.165, 1.54) is 5.56 Å². The minimum atomic E-state index is 0.572. The van der Waals surface area contributed by atoms with Crippen LogP contribution in [-0.2, 0) is 13.2 Å². The zero-order valence-electron chi connectivity index (χ0n) is 13.7. The van der Waals surface area contributed by atoms with Crippen LogP contribution in [0.2, 0.25) is 0 Å². The molecule has 0 bridgehead atoms. The lowest BCUT2D eigenvalue weighted by molar-refractivity contribution is 0.306. The Morgan fingerprint density at radius 3 is 2.29 bits per heavy atom. The van der Waals surface area contributed by atoms with Crippen LogP contribution in [0.4, 0.5) is 5.69 Å². The Kier molecular flexibility index (Phi) is 5.36. The van der Waals surface area contributed by atoms with Crippen LogP contribution in [0, 0.1) is 0 Å². The quantitative estimate of drug-likeness (QED) is 0.673. The maximum Gasteiger partial charge on any atom is 0.121 e. The minimum absolute atomic E-state index is 0.572. The summed E-state index contributed by atoms with van der Waals surface area (Å²) < 4.78 is 11.0. The molecule has 122 valence electrons. The van der Waals surface area contributed by atoms with Crippen LogP contribution in [0.15, 0.2) is 78.9 Å². The van der Waals surface area contributed by atoms with Crippen molar-refractivity contribution in [2.75, 3.05) is 12.4 Å². The highest BCUT2D eigenvalue weighted by atomic mass is 16.5. The molecule has 3 nitrogen and oxygen atoms in total. The molecule has 0 atom stereocenters. The molecule has 3 heteroatoms. The van der Waals surface area contributed by atoms with Gasteiger partial charge in [-0.25, -0.2) is 0 Å². The monoisotopic (exact) mass is 319 g/mol. The van der Waals surface area contributed by atoms with E-state index in [0.29, 0.717) is 6.61 Å². The van der Waals surface area contributed by atoms with E-state index in [1.54, 1.807) is 7.11 Å². The smallest absolute Gasteiger partial charge is 0.121 e. The summed E-state index contributed by atoms with van der Waals surface area (Å²) in [6.07, 6.45) is 0. The summed E-state index contributed by atoms with van der Waals surface area (Å²) in [4.78, 5) is 0. The summed E-state index contributed by atoms with van der Waals surface area (Å²) in [6.45, 7) is 1.33. The van der Waals surface area contributed by atoms with Gasteiger partial charge >= 0.3 is 0 Å². The van der Waals surface area contributed by atoms with Crippen LogP contribution in [-0.4, -0.2) is 7.11 Å². The lowest BCUT2D eigenvalue weighted by atomic mass is 10.2. The number of hydrogen-bond acceptors (Lipinski definition) is 3. The topological polar surface area (TPSA) is 30.5 Å².